The van der Waals surface area contributed by atoms with Crippen LogP contribution < -0.4 is 14.8 Å². The highest BCUT2D eigenvalue weighted by Gasteiger charge is 2.21. The summed E-state index contributed by atoms with van der Waals surface area (Å²) in [6.07, 6.45) is 1.21. The summed E-state index contributed by atoms with van der Waals surface area (Å²) in [6, 6.07) is 13.0. The van der Waals surface area contributed by atoms with Crippen LogP contribution in [-0.2, 0) is 13.0 Å². The molecule has 2 unspecified atom stereocenters. The van der Waals surface area contributed by atoms with Crippen molar-refractivity contribution in [2.75, 3.05) is 7.11 Å². The molecule has 2 atom stereocenters. The summed E-state index contributed by atoms with van der Waals surface area (Å²) in [6.45, 7) is 7.20. The number of rotatable bonds is 5. The van der Waals surface area contributed by atoms with E-state index in [0.29, 0.717) is 0 Å². The molecule has 0 saturated carbocycles. The second-order valence-corrected chi connectivity index (χ2v) is 6.36. The fourth-order valence-electron chi connectivity index (χ4n) is 3.26. The van der Waals surface area contributed by atoms with Crippen molar-refractivity contribution in [3.05, 3.63) is 58.7 Å². The van der Waals surface area contributed by atoms with Crippen LogP contribution in [0.25, 0.3) is 0 Å². The molecule has 0 radical (unpaired) electrons. The Bertz CT molecular complexity index is 696. The average Bonchev–Trinajstić information content (AvgIpc) is 2.90. The van der Waals surface area contributed by atoms with E-state index >= 15 is 0 Å². The van der Waals surface area contributed by atoms with Crippen molar-refractivity contribution in [2.24, 2.45) is 0 Å². The molecule has 1 aliphatic heterocycles. The van der Waals surface area contributed by atoms with Gasteiger partial charge in [0.25, 0.3) is 0 Å². The summed E-state index contributed by atoms with van der Waals surface area (Å²) in [5, 5.41) is 3.60. The summed E-state index contributed by atoms with van der Waals surface area (Å²) in [5.41, 5.74) is 5.02. The molecule has 2 aromatic carbocycles. The second-order valence-electron chi connectivity index (χ2n) is 6.36. The number of hydrogen-bond acceptors (Lipinski definition) is 3. The Morgan fingerprint density at radius 2 is 2.09 bits per heavy atom. The number of benzene rings is 2. The maximum Gasteiger partial charge on any atom is 0.123 e. The van der Waals surface area contributed by atoms with Crippen molar-refractivity contribution < 1.29 is 9.47 Å². The highest BCUT2D eigenvalue weighted by Crippen LogP contribution is 2.35. The number of methoxy groups -OCH3 is 1. The van der Waals surface area contributed by atoms with E-state index in [1.54, 1.807) is 7.11 Å². The van der Waals surface area contributed by atoms with Gasteiger partial charge in [-0.15, -0.1) is 0 Å². The zero-order valence-electron chi connectivity index (χ0n) is 14.3. The molecule has 0 amide bonds. The number of aryl methyl sites for hydroxylation is 1. The molecular weight excluding hydrogens is 286 g/mol. The van der Waals surface area contributed by atoms with Gasteiger partial charge in [-0.05, 0) is 44.0 Å². The standard InChI is InChI=1S/C20H25NO2/c1-13-7-5-6-8-18(13)15(3)21-12-17-11-20-16(9-14(2)23-20)10-19(17)22-4/h5-8,10-11,14-15,21H,9,12H2,1-4H3. The van der Waals surface area contributed by atoms with Crippen LogP contribution in [0.3, 0.4) is 0 Å². The minimum Gasteiger partial charge on any atom is -0.496 e. The molecule has 1 aliphatic rings. The SMILES string of the molecule is COc1cc2c(cc1CNC(C)c1ccccc1C)OC(C)C2. The summed E-state index contributed by atoms with van der Waals surface area (Å²) in [5.74, 6) is 1.93. The number of ether oxygens (including phenoxy) is 2. The summed E-state index contributed by atoms with van der Waals surface area (Å²) < 4.78 is 11.4. The Morgan fingerprint density at radius 3 is 2.83 bits per heavy atom. The van der Waals surface area contributed by atoms with Gasteiger partial charge in [0.1, 0.15) is 17.6 Å². The first-order valence-corrected chi connectivity index (χ1v) is 8.24. The van der Waals surface area contributed by atoms with Gasteiger partial charge < -0.3 is 14.8 Å². The van der Waals surface area contributed by atoms with Gasteiger partial charge in [0.05, 0.1) is 7.11 Å². The molecule has 3 nitrogen and oxygen atoms in total. The molecule has 0 saturated heterocycles. The van der Waals surface area contributed by atoms with Gasteiger partial charge >= 0.3 is 0 Å². The van der Waals surface area contributed by atoms with Crippen LogP contribution in [0.4, 0.5) is 0 Å². The van der Waals surface area contributed by atoms with E-state index in [1.165, 1.54) is 16.7 Å². The van der Waals surface area contributed by atoms with Crippen LogP contribution in [-0.4, -0.2) is 13.2 Å². The summed E-state index contributed by atoms with van der Waals surface area (Å²) >= 11 is 0. The highest BCUT2D eigenvalue weighted by atomic mass is 16.5. The third-order valence-electron chi connectivity index (χ3n) is 4.55. The lowest BCUT2D eigenvalue weighted by molar-refractivity contribution is 0.254. The van der Waals surface area contributed by atoms with E-state index in [0.717, 1.165) is 30.0 Å². The Kier molecular flexibility index (Phi) is 4.58. The normalized spacial score (nSPS) is 17.5. The van der Waals surface area contributed by atoms with Gasteiger partial charge in [0.2, 0.25) is 0 Å². The molecular formula is C20H25NO2. The molecule has 122 valence electrons. The minimum atomic E-state index is 0.254. The minimum absolute atomic E-state index is 0.254. The largest absolute Gasteiger partial charge is 0.496 e. The average molecular weight is 311 g/mol. The van der Waals surface area contributed by atoms with Gasteiger partial charge in [0.15, 0.2) is 0 Å². The quantitative estimate of drug-likeness (QED) is 0.898. The third kappa shape index (κ3) is 3.35. The van der Waals surface area contributed by atoms with E-state index < -0.39 is 0 Å². The predicted octanol–water partition coefficient (Wildman–Crippen LogP) is 4.18. The van der Waals surface area contributed by atoms with Gasteiger partial charge in [-0.2, -0.15) is 0 Å². The molecule has 1 heterocycles. The Labute approximate surface area is 138 Å². The molecule has 3 heteroatoms. The highest BCUT2D eigenvalue weighted by molar-refractivity contribution is 5.48. The zero-order chi connectivity index (χ0) is 16.4. The fraction of sp³-hybridized carbons (Fsp3) is 0.400. The first-order chi connectivity index (χ1) is 11.1. The lowest BCUT2D eigenvalue weighted by Gasteiger charge is -2.18. The molecule has 0 aliphatic carbocycles. The van der Waals surface area contributed by atoms with Crippen LogP contribution in [0.15, 0.2) is 36.4 Å². The van der Waals surface area contributed by atoms with Crippen LogP contribution in [0.2, 0.25) is 0 Å². The summed E-state index contributed by atoms with van der Waals surface area (Å²) in [4.78, 5) is 0. The van der Waals surface area contributed by atoms with E-state index in [9.17, 15) is 0 Å². The lowest BCUT2D eigenvalue weighted by Crippen LogP contribution is -2.19. The molecule has 0 spiro atoms. The van der Waals surface area contributed by atoms with Crippen LogP contribution in [0.5, 0.6) is 11.5 Å². The van der Waals surface area contributed by atoms with Crippen molar-refractivity contribution in [1.82, 2.24) is 5.32 Å². The van der Waals surface area contributed by atoms with Crippen molar-refractivity contribution in [1.29, 1.82) is 0 Å². The van der Waals surface area contributed by atoms with Crippen LogP contribution >= 0.6 is 0 Å². The Morgan fingerprint density at radius 1 is 1.30 bits per heavy atom. The molecule has 2 aromatic rings. The van der Waals surface area contributed by atoms with Crippen molar-refractivity contribution in [2.45, 2.75) is 45.9 Å². The third-order valence-corrected chi connectivity index (χ3v) is 4.55. The first-order valence-electron chi connectivity index (χ1n) is 8.24. The van der Waals surface area contributed by atoms with Crippen molar-refractivity contribution in [3.63, 3.8) is 0 Å². The maximum atomic E-state index is 5.87. The van der Waals surface area contributed by atoms with E-state index in [4.69, 9.17) is 9.47 Å². The maximum absolute atomic E-state index is 5.87. The fourth-order valence-corrected chi connectivity index (χ4v) is 3.26. The molecule has 0 aromatic heterocycles. The first kappa shape index (κ1) is 15.9. The van der Waals surface area contributed by atoms with Crippen LogP contribution in [0.1, 0.15) is 42.1 Å². The van der Waals surface area contributed by atoms with Crippen molar-refractivity contribution >= 4 is 0 Å². The molecule has 0 bridgehead atoms. The van der Waals surface area contributed by atoms with Crippen LogP contribution in [0, 0.1) is 6.92 Å². The van der Waals surface area contributed by atoms with Gasteiger partial charge in [0, 0.05) is 30.1 Å². The molecule has 1 N–H and O–H groups in total. The second kappa shape index (κ2) is 6.63. The number of nitrogens with one attached hydrogen (secondary N) is 1. The van der Waals surface area contributed by atoms with E-state index in [1.807, 2.05) is 0 Å². The van der Waals surface area contributed by atoms with Gasteiger partial charge in [-0.25, -0.2) is 0 Å². The molecule has 3 rings (SSSR count). The van der Waals surface area contributed by atoms with Crippen molar-refractivity contribution in [3.8, 4) is 11.5 Å². The Balaban J connectivity index is 1.76. The number of fused-ring (bicyclic) bond motifs is 1. The topological polar surface area (TPSA) is 30.5 Å². The van der Waals surface area contributed by atoms with Gasteiger partial charge in [-0.1, -0.05) is 24.3 Å². The monoisotopic (exact) mass is 311 g/mol. The predicted molar refractivity (Wildman–Crippen MR) is 93.2 cm³/mol. The smallest absolute Gasteiger partial charge is 0.123 e. The molecule has 0 fully saturated rings. The van der Waals surface area contributed by atoms with E-state index in [-0.39, 0.29) is 12.1 Å². The summed E-state index contributed by atoms with van der Waals surface area (Å²) in [7, 11) is 1.73. The zero-order valence-corrected chi connectivity index (χ0v) is 14.3. The van der Waals surface area contributed by atoms with Gasteiger partial charge in [-0.3, -0.25) is 0 Å². The van der Waals surface area contributed by atoms with E-state index in [2.05, 4.69) is 62.5 Å². The Hall–Kier alpha value is -2.00. The molecule has 23 heavy (non-hydrogen) atoms. The lowest BCUT2D eigenvalue weighted by atomic mass is 10.0. The number of hydrogen-bond donors (Lipinski definition) is 1.